The van der Waals surface area contributed by atoms with E-state index >= 15 is 0 Å². The fraction of sp³-hybridized carbons (Fsp3) is 0.292. The van der Waals surface area contributed by atoms with E-state index in [1.54, 1.807) is 24.3 Å². The van der Waals surface area contributed by atoms with Gasteiger partial charge in [-0.25, -0.2) is 13.8 Å². The lowest BCUT2D eigenvalue weighted by molar-refractivity contribution is 0.100. The van der Waals surface area contributed by atoms with E-state index in [1.165, 1.54) is 19.4 Å². The topological polar surface area (TPSA) is 128 Å². The van der Waals surface area contributed by atoms with Crippen LogP contribution in [0.2, 0.25) is 0 Å². The molecule has 1 aliphatic carbocycles. The predicted octanol–water partition coefficient (Wildman–Crippen LogP) is 3.95. The van der Waals surface area contributed by atoms with E-state index in [0.717, 1.165) is 31.7 Å². The van der Waals surface area contributed by atoms with Gasteiger partial charge in [0.25, 0.3) is 5.91 Å². The van der Waals surface area contributed by atoms with E-state index in [2.05, 4.69) is 20.6 Å². The van der Waals surface area contributed by atoms with Crippen molar-refractivity contribution < 1.29 is 18.3 Å². The zero-order valence-electron chi connectivity index (χ0n) is 18.6. The van der Waals surface area contributed by atoms with Crippen LogP contribution in [0.15, 0.2) is 42.6 Å². The summed E-state index contributed by atoms with van der Waals surface area (Å²) >= 11 is 0. The van der Waals surface area contributed by atoms with Crippen LogP contribution in [0.4, 0.5) is 26.1 Å². The molecule has 3 aromatic rings. The molecule has 8 nitrogen and oxygen atoms in total. The van der Waals surface area contributed by atoms with Crippen LogP contribution in [0, 0.1) is 11.6 Å². The number of halogens is 2. The highest BCUT2D eigenvalue weighted by atomic mass is 19.1. The molecular formula is C24H26F2N6O2. The van der Waals surface area contributed by atoms with Gasteiger partial charge in [-0.05, 0) is 43.2 Å². The number of nitrogens with two attached hydrogens (primary N) is 2. The van der Waals surface area contributed by atoms with E-state index in [0.29, 0.717) is 11.4 Å². The first kappa shape index (κ1) is 23.4. The Balaban J connectivity index is 1.67. The van der Waals surface area contributed by atoms with Gasteiger partial charge in [-0.1, -0.05) is 18.9 Å². The van der Waals surface area contributed by atoms with Gasteiger partial charge >= 0.3 is 0 Å². The van der Waals surface area contributed by atoms with Crippen LogP contribution in [0.1, 0.15) is 36.0 Å². The second kappa shape index (κ2) is 10.0. The molecule has 4 rings (SSSR count). The number of nitrogens with one attached hydrogen (secondary N) is 2. The first-order valence-corrected chi connectivity index (χ1v) is 11.0. The molecule has 0 bridgehead atoms. The van der Waals surface area contributed by atoms with Crippen molar-refractivity contribution in [2.24, 2.45) is 11.5 Å². The van der Waals surface area contributed by atoms with Crippen molar-refractivity contribution in [3.05, 3.63) is 59.8 Å². The van der Waals surface area contributed by atoms with Gasteiger partial charge in [0.15, 0.2) is 23.2 Å². The minimum Gasteiger partial charge on any atom is -0.494 e. The molecular weight excluding hydrogens is 442 g/mol. The number of methoxy groups -OCH3 is 1. The van der Waals surface area contributed by atoms with Crippen molar-refractivity contribution in [2.45, 2.75) is 37.8 Å². The van der Waals surface area contributed by atoms with Gasteiger partial charge in [-0.3, -0.25) is 9.78 Å². The van der Waals surface area contributed by atoms with Crippen molar-refractivity contribution in [2.75, 3.05) is 17.7 Å². The maximum absolute atomic E-state index is 14.7. The number of amides is 1. The maximum Gasteiger partial charge on any atom is 0.252 e. The largest absolute Gasteiger partial charge is 0.494 e. The van der Waals surface area contributed by atoms with Gasteiger partial charge in [-0.2, -0.15) is 0 Å². The maximum atomic E-state index is 14.7. The predicted molar refractivity (Wildman–Crippen MR) is 126 cm³/mol. The minimum atomic E-state index is -0.845. The number of carbonyl (C=O) groups excluding carboxylic acids is 1. The summed E-state index contributed by atoms with van der Waals surface area (Å²) in [7, 11) is 1.38. The molecule has 0 aliphatic heterocycles. The van der Waals surface area contributed by atoms with Crippen molar-refractivity contribution in [1.29, 1.82) is 0 Å². The third kappa shape index (κ3) is 4.91. The molecule has 0 saturated heterocycles. The Morgan fingerprint density at radius 1 is 1.15 bits per heavy atom. The highest BCUT2D eigenvalue weighted by molar-refractivity contribution is 5.98. The summed E-state index contributed by atoms with van der Waals surface area (Å²) in [6.07, 6.45) is 5.12. The van der Waals surface area contributed by atoms with Gasteiger partial charge in [0, 0.05) is 29.5 Å². The highest BCUT2D eigenvalue weighted by Gasteiger charge is 2.24. The summed E-state index contributed by atoms with van der Waals surface area (Å²) < 4.78 is 34.5. The first-order chi connectivity index (χ1) is 16.4. The molecule has 6 N–H and O–H groups in total. The van der Waals surface area contributed by atoms with Crippen LogP contribution in [0.25, 0.3) is 11.3 Å². The Hall–Kier alpha value is -3.79. The molecule has 0 unspecified atom stereocenters. The van der Waals surface area contributed by atoms with Crippen molar-refractivity contribution in [3.63, 3.8) is 0 Å². The summed E-state index contributed by atoms with van der Waals surface area (Å²) in [5, 5.41) is 6.05. The number of carbonyl (C=O) groups is 1. The standard InChI is InChI=1S/C24H26F2N6O2/c1-34-20-8-4-5-14(21(20)26)19-11-13(9-10-29-19)30-23-15(22(28)33)12-16(25)24(32-23)31-18-7-3-2-6-17(18)27/h4-5,8-12,17-18H,2-3,6-7,27H2,1H3,(H2,28,33)(H2,29,30,31,32)/t17-,18+/m0/s1. The number of nitrogens with zero attached hydrogens (tertiary/aromatic N) is 2. The lowest BCUT2D eigenvalue weighted by Gasteiger charge is -2.30. The zero-order chi connectivity index (χ0) is 24.2. The van der Waals surface area contributed by atoms with E-state index in [4.69, 9.17) is 16.2 Å². The number of rotatable bonds is 7. The Labute approximate surface area is 195 Å². The van der Waals surface area contributed by atoms with Crippen molar-refractivity contribution in [1.82, 2.24) is 9.97 Å². The molecule has 1 aromatic carbocycles. The van der Waals surface area contributed by atoms with E-state index in [-0.39, 0.29) is 40.6 Å². The third-order valence-electron chi connectivity index (χ3n) is 5.86. The summed E-state index contributed by atoms with van der Waals surface area (Å²) in [4.78, 5) is 20.5. The van der Waals surface area contributed by atoms with Gasteiger partial charge in [0.2, 0.25) is 0 Å². The SMILES string of the molecule is COc1cccc(-c2cc(Nc3nc(N[C@@H]4CCCC[C@@H]4N)c(F)cc3C(N)=O)ccn2)c1F. The van der Waals surface area contributed by atoms with Gasteiger partial charge in [0.1, 0.15) is 5.82 Å². The summed E-state index contributed by atoms with van der Waals surface area (Å²) in [6, 6.07) is 8.71. The Bertz CT molecular complexity index is 1210. The highest BCUT2D eigenvalue weighted by Crippen LogP contribution is 2.31. The average molecular weight is 469 g/mol. The Kier molecular flexibility index (Phi) is 6.87. The van der Waals surface area contributed by atoms with Gasteiger partial charge in [-0.15, -0.1) is 0 Å². The van der Waals surface area contributed by atoms with Crippen LogP contribution in [0.3, 0.4) is 0 Å². The van der Waals surface area contributed by atoms with Crippen molar-refractivity contribution >= 4 is 23.2 Å². The number of hydrogen-bond acceptors (Lipinski definition) is 7. The lowest BCUT2D eigenvalue weighted by Crippen LogP contribution is -2.43. The quantitative estimate of drug-likeness (QED) is 0.413. The van der Waals surface area contributed by atoms with E-state index in [1.807, 2.05) is 0 Å². The molecule has 2 heterocycles. The van der Waals surface area contributed by atoms with E-state index in [9.17, 15) is 13.6 Å². The number of anilines is 3. The second-order valence-corrected chi connectivity index (χ2v) is 8.15. The molecule has 0 radical (unpaired) electrons. The summed E-state index contributed by atoms with van der Waals surface area (Å²) in [5.41, 5.74) is 12.5. The van der Waals surface area contributed by atoms with Crippen LogP contribution in [0.5, 0.6) is 5.75 Å². The van der Waals surface area contributed by atoms with Crippen molar-refractivity contribution in [3.8, 4) is 17.0 Å². The van der Waals surface area contributed by atoms with Crippen LogP contribution in [-0.2, 0) is 0 Å². The molecule has 0 spiro atoms. The third-order valence-corrected chi connectivity index (χ3v) is 5.86. The van der Waals surface area contributed by atoms with Crippen LogP contribution in [-0.4, -0.2) is 35.1 Å². The molecule has 34 heavy (non-hydrogen) atoms. The Morgan fingerprint density at radius 3 is 2.68 bits per heavy atom. The van der Waals surface area contributed by atoms with E-state index < -0.39 is 17.5 Å². The second-order valence-electron chi connectivity index (χ2n) is 8.15. The first-order valence-electron chi connectivity index (χ1n) is 11.0. The number of aromatic nitrogens is 2. The Morgan fingerprint density at radius 2 is 1.94 bits per heavy atom. The number of ether oxygens (including phenoxy) is 1. The number of primary amides is 1. The molecule has 1 fully saturated rings. The molecule has 10 heteroatoms. The molecule has 2 atom stereocenters. The smallest absolute Gasteiger partial charge is 0.252 e. The van der Waals surface area contributed by atoms with Crippen LogP contribution < -0.4 is 26.8 Å². The average Bonchev–Trinajstić information content (AvgIpc) is 2.82. The zero-order valence-corrected chi connectivity index (χ0v) is 18.6. The summed E-state index contributed by atoms with van der Waals surface area (Å²) in [6.45, 7) is 0. The van der Waals surface area contributed by atoms with Crippen LogP contribution >= 0.6 is 0 Å². The molecule has 1 aliphatic rings. The normalized spacial score (nSPS) is 17.8. The lowest BCUT2D eigenvalue weighted by atomic mass is 9.91. The number of hydrogen-bond donors (Lipinski definition) is 4. The number of benzene rings is 1. The van der Waals surface area contributed by atoms with Gasteiger partial charge in [0.05, 0.1) is 18.4 Å². The summed E-state index contributed by atoms with van der Waals surface area (Å²) in [5.74, 6) is -1.98. The molecule has 178 valence electrons. The molecule has 1 saturated carbocycles. The number of pyridine rings is 2. The molecule has 1 amide bonds. The monoisotopic (exact) mass is 468 g/mol. The fourth-order valence-corrected chi connectivity index (χ4v) is 4.05. The minimum absolute atomic E-state index is 0.0250. The fourth-order valence-electron chi connectivity index (χ4n) is 4.05. The van der Waals surface area contributed by atoms with Gasteiger partial charge < -0.3 is 26.8 Å². The molecule has 2 aromatic heterocycles.